The van der Waals surface area contributed by atoms with Crippen LogP contribution < -0.4 is 0 Å². The van der Waals surface area contributed by atoms with Crippen LogP contribution in [-0.2, 0) is 11.2 Å². The Balaban J connectivity index is 2.27. The van der Waals surface area contributed by atoms with Gasteiger partial charge in [0.25, 0.3) is 0 Å². The predicted octanol–water partition coefficient (Wildman–Crippen LogP) is 3.77. The van der Waals surface area contributed by atoms with Gasteiger partial charge in [-0.15, -0.1) is 11.3 Å². The zero-order chi connectivity index (χ0) is 10.4. The Morgan fingerprint density at radius 2 is 2.36 bits per heavy atom. The van der Waals surface area contributed by atoms with Gasteiger partial charge in [-0.25, -0.2) is 0 Å². The molecule has 0 aliphatic heterocycles. The lowest BCUT2D eigenvalue weighted by Crippen LogP contribution is -2.04. The molecule has 0 N–H and O–H groups in total. The van der Waals surface area contributed by atoms with E-state index in [1.807, 2.05) is 12.1 Å². The molecule has 1 nitrogen and oxygen atoms in total. The first-order valence-electron chi connectivity index (χ1n) is 4.56. The van der Waals surface area contributed by atoms with Crippen LogP contribution in [0.3, 0.4) is 0 Å². The number of thioether (sulfide) groups is 1. The van der Waals surface area contributed by atoms with E-state index >= 15 is 0 Å². The molecule has 1 rings (SSSR count). The first-order chi connectivity index (χ1) is 6.72. The highest BCUT2D eigenvalue weighted by molar-refractivity contribution is 9.11. The van der Waals surface area contributed by atoms with Gasteiger partial charge in [0.05, 0.1) is 9.54 Å². The predicted molar refractivity (Wildman–Crippen MR) is 68.3 cm³/mol. The lowest BCUT2D eigenvalue weighted by atomic mass is 10.3. The van der Waals surface area contributed by atoms with Crippen molar-refractivity contribution in [3.05, 3.63) is 20.8 Å². The van der Waals surface area contributed by atoms with Gasteiger partial charge in [-0.05, 0) is 40.2 Å². The van der Waals surface area contributed by atoms with Gasteiger partial charge in [-0.2, -0.15) is 11.8 Å². The summed E-state index contributed by atoms with van der Waals surface area (Å²) in [5.41, 5.74) is 0. The van der Waals surface area contributed by atoms with Gasteiger partial charge in [0.15, 0.2) is 0 Å². The number of carbonyl (C=O) groups excluding carboxylic acids is 1. The van der Waals surface area contributed by atoms with Crippen molar-refractivity contribution in [2.45, 2.75) is 19.8 Å². The Morgan fingerprint density at radius 1 is 1.57 bits per heavy atom. The fraction of sp³-hybridized carbons (Fsp3) is 0.500. The van der Waals surface area contributed by atoms with Gasteiger partial charge in [0.1, 0.15) is 5.78 Å². The summed E-state index contributed by atoms with van der Waals surface area (Å²) in [5, 5.41) is 0. The van der Waals surface area contributed by atoms with E-state index in [0.29, 0.717) is 18.0 Å². The first kappa shape index (κ1) is 12.3. The highest BCUT2D eigenvalue weighted by Crippen LogP contribution is 2.22. The average molecular weight is 293 g/mol. The van der Waals surface area contributed by atoms with Crippen LogP contribution in [0.15, 0.2) is 15.9 Å². The quantitative estimate of drug-likeness (QED) is 0.743. The van der Waals surface area contributed by atoms with E-state index in [2.05, 4.69) is 22.9 Å². The molecule has 0 fully saturated rings. The van der Waals surface area contributed by atoms with Gasteiger partial charge in [-0.1, -0.05) is 6.92 Å². The molecule has 0 spiro atoms. The number of thiophene rings is 1. The minimum Gasteiger partial charge on any atom is -0.298 e. The van der Waals surface area contributed by atoms with Gasteiger partial charge in [0.2, 0.25) is 0 Å². The van der Waals surface area contributed by atoms with Crippen LogP contribution in [-0.4, -0.2) is 17.3 Å². The van der Waals surface area contributed by atoms with Crippen LogP contribution in [0.1, 0.15) is 18.2 Å². The van der Waals surface area contributed by atoms with Crippen molar-refractivity contribution in [3.8, 4) is 0 Å². The van der Waals surface area contributed by atoms with E-state index < -0.39 is 0 Å². The van der Waals surface area contributed by atoms with Crippen molar-refractivity contribution in [3.63, 3.8) is 0 Å². The molecule has 0 aliphatic rings. The van der Waals surface area contributed by atoms with Crippen molar-refractivity contribution >= 4 is 44.8 Å². The van der Waals surface area contributed by atoms with E-state index in [0.717, 1.165) is 20.8 Å². The molecule has 0 bridgehead atoms. The Bertz CT molecular complexity index is 296. The summed E-state index contributed by atoms with van der Waals surface area (Å²) in [7, 11) is 0. The lowest BCUT2D eigenvalue weighted by Gasteiger charge is -1.97. The van der Waals surface area contributed by atoms with E-state index in [-0.39, 0.29) is 0 Å². The van der Waals surface area contributed by atoms with Crippen LogP contribution in [0.2, 0.25) is 0 Å². The summed E-state index contributed by atoms with van der Waals surface area (Å²) in [6.07, 6.45) is 1.73. The van der Waals surface area contributed by atoms with Crippen LogP contribution in [0.4, 0.5) is 0 Å². The number of hydrogen-bond donors (Lipinski definition) is 0. The fourth-order valence-electron chi connectivity index (χ4n) is 1.02. The van der Waals surface area contributed by atoms with E-state index in [1.54, 1.807) is 23.1 Å². The third-order valence-electron chi connectivity index (χ3n) is 1.61. The minimum atomic E-state index is 0.331. The lowest BCUT2D eigenvalue weighted by molar-refractivity contribution is -0.115. The largest absolute Gasteiger partial charge is 0.298 e. The second-order valence-electron chi connectivity index (χ2n) is 2.97. The number of rotatable bonds is 6. The maximum Gasteiger partial charge on any atom is 0.147 e. The topological polar surface area (TPSA) is 17.1 Å². The number of ketones is 1. The molecule has 14 heavy (non-hydrogen) atoms. The maximum atomic E-state index is 11.5. The molecule has 0 radical (unpaired) electrons. The molecule has 0 aromatic carbocycles. The van der Waals surface area contributed by atoms with E-state index in [1.165, 1.54) is 0 Å². The van der Waals surface area contributed by atoms with Crippen molar-refractivity contribution in [2.75, 3.05) is 11.5 Å². The van der Waals surface area contributed by atoms with Crippen molar-refractivity contribution in [1.29, 1.82) is 0 Å². The second kappa shape index (κ2) is 6.64. The molecular formula is C10H13BrOS2. The molecule has 0 saturated carbocycles. The molecule has 78 valence electrons. The van der Waals surface area contributed by atoms with E-state index in [4.69, 9.17) is 0 Å². The molecular weight excluding hydrogens is 280 g/mol. The normalized spacial score (nSPS) is 10.4. The van der Waals surface area contributed by atoms with Gasteiger partial charge >= 0.3 is 0 Å². The number of carbonyl (C=O) groups is 1. The summed E-state index contributed by atoms with van der Waals surface area (Å²) < 4.78 is 1.10. The fourth-order valence-corrected chi connectivity index (χ4v) is 3.30. The van der Waals surface area contributed by atoms with E-state index in [9.17, 15) is 4.79 Å². The number of Topliss-reactive ketones (excluding diaryl/α,β-unsaturated/α-hetero) is 1. The zero-order valence-corrected chi connectivity index (χ0v) is 11.3. The van der Waals surface area contributed by atoms with Crippen LogP contribution in [0, 0.1) is 0 Å². The molecule has 0 atom stereocenters. The molecule has 4 heteroatoms. The van der Waals surface area contributed by atoms with Crippen molar-refractivity contribution < 1.29 is 4.79 Å². The van der Waals surface area contributed by atoms with Crippen molar-refractivity contribution in [2.24, 2.45) is 0 Å². The summed E-state index contributed by atoms with van der Waals surface area (Å²) >= 11 is 6.76. The third-order valence-corrected chi connectivity index (χ3v) is 4.46. The maximum absolute atomic E-state index is 11.5. The van der Waals surface area contributed by atoms with Crippen molar-refractivity contribution in [1.82, 2.24) is 0 Å². The average Bonchev–Trinajstić information content (AvgIpc) is 2.52. The molecule has 0 saturated heterocycles. The molecule has 1 aromatic rings. The number of halogens is 1. The Labute approximate surface area is 101 Å². The SMILES string of the molecule is CCCSCC(=O)Cc1ccc(Br)s1. The molecule has 0 amide bonds. The molecule has 0 unspecified atom stereocenters. The van der Waals surface area contributed by atoms with Gasteiger partial charge in [-0.3, -0.25) is 4.79 Å². The third kappa shape index (κ3) is 4.62. The summed E-state index contributed by atoms with van der Waals surface area (Å²) in [4.78, 5) is 12.6. The standard InChI is InChI=1S/C10H13BrOS2/c1-2-5-13-7-8(12)6-9-3-4-10(11)14-9/h3-4H,2,5-7H2,1H3. The Hall–Kier alpha value is 0.200. The van der Waals surface area contributed by atoms with Gasteiger partial charge in [0, 0.05) is 11.3 Å². The smallest absolute Gasteiger partial charge is 0.147 e. The van der Waals surface area contributed by atoms with Crippen LogP contribution >= 0.6 is 39.0 Å². The highest BCUT2D eigenvalue weighted by Gasteiger charge is 2.05. The summed E-state index contributed by atoms with van der Waals surface area (Å²) in [5.74, 6) is 2.07. The first-order valence-corrected chi connectivity index (χ1v) is 7.32. The summed E-state index contributed by atoms with van der Waals surface area (Å²) in [6, 6.07) is 4.00. The molecule has 1 aromatic heterocycles. The Kier molecular flexibility index (Phi) is 5.82. The minimum absolute atomic E-state index is 0.331. The second-order valence-corrected chi connectivity index (χ2v) is 6.63. The van der Waals surface area contributed by atoms with Gasteiger partial charge < -0.3 is 0 Å². The monoisotopic (exact) mass is 292 g/mol. The summed E-state index contributed by atoms with van der Waals surface area (Å²) in [6.45, 7) is 2.13. The van der Waals surface area contributed by atoms with Crippen LogP contribution in [0.5, 0.6) is 0 Å². The highest BCUT2D eigenvalue weighted by atomic mass is 79.9. The number of hydrogen-bond acceptors (Lipinski definition) is 3. The zero-order valence-electron chi connectivity index (χ0n) is 8.09. The Morgan fingerprint density at radius 3 is 2.93 bits per heavy atom. The molecule has 1 heterocycles. The van der Waals surface area contributed by atoms with Crippen LogP contribution in [0.25, 0.3) is 0 Å². The molecule has 0 aliphatic carbocycles.